The highest BCUT2D eigenvalue weighted by atomic mass is 16.5. The van der Waals surface area contributed by atoms with Crippen molar-refractivity contribution < 1.29 is 19.4 Å². The number of carboxylic acids is 1. The van der Waals surface area contributed by atoms with E-state index in [-0.39, 0.29) is 13.2 Å². The molecule has 114 valence electrons. The van der Waals surface area contributed by atoms with Crippen LogP contribution in [0.25, 0.3) is 0 Å². The number of ether oxygens (including phenoxy) is 1. The molecule has 0 saturated heterocycles. The molecule has 0 unspecified atom stereocenters. The van der Waals surface area contributed by atoms with Crippen LogP contribution in [0.1, 0.15) is 27.4 Å². The Balaban J connectivity index is 1.97. The molecular weight excluding hydrogens is 282 g/mol. The number of hydrogen-bond donors (Lipinski definition) is 2. The molecule has 0 amide bonds. The van der Waals surface area contributed by atoms with Crippen LogP contribution in [0.4, 0.5) is 0 Å². The molecule has 0 fully saturated rings. The van der Waals surface area contributed by atoms with Crippen molar-refractivity contribution in [3.8, 4) is 0 Å². The molecule has 0 aromatic heterocycles. The zero-order chi connectivity index (χ0) is 15.9. The standard InChI is InChI=1S/C17H17NO4/c18-10-15(16(19)20)13-8-6-12(7-9-13)11-22-17(21)14-4-2-1-3-5-14/h1-9,15H,10-11,18H2,(H,19,20)/t15-/m0/s1. The van der Waals surface area contributed by atoms with E-state index in [4.69, 9.17) is 15.6 Å². The molecule has 1 atom stereocenters. The van der Waals surface area contributed by atoms with Gasteiger partial charge < -0.3 is 15.6 Å². The van der Waals surface area contributed by atoms with Crippen LogP contribution in [0.2, 0.25) is 0 Å². The van der Waals surface area contributed by atoms with Crippen molar-refractivity contribution in [2.45, 2.75) is 12.5 Å². The van der Waals surface area contributed by atoms with Gasteiger partial charge in [-0.25, -0.2) is 4.79 Å². The highest BCUT2D eigenvalue weighted by molar-refractivity contribution is 5.89. The van der Waals surface area contributed by atoms with Crippen molar-refractivity contribution in [1.82, 2.24) is 0 Å². The topological polar surface area (TPSA) is 89.6 Å². The van der Waals surface area contributed by atoms with Crippen LogP contribution >= 0.6 is 0 Å². The van der Waals surface area contributed by atoms with Crippen LogP contribution < -0.4 is 5.73 Å². The maximum absolute atomic E-state index is 11.8. The van der Waals surface area contributed by atoms with Gasteiger partial charge in [0, 0.05) is 6.54 Å². The van der Waals surface area contributed by atoms with Crippen LogP contribution in [0.3, 0.4) is 0 Å². The fraction of sp³-hybridized carbons (Fsp3) is 0.176. The van der Waals surface area contributed by atoms with Gasteiger partial charge in [0.25, 0.3) is 0 Å². The first-order chi connectivity index (χ1) is 10.6. The van der Waals surface area contributed by atoms with E-state index in [1.54, 1.807) is 48.5 Å². The molecule has 0 radical (unpaired) electrons. The summed E-state index contributed by atoms with van der Waals surface area (Å²) in [6.07, 6.45) is 0. The number of hydrogen-bond acceptors (Lipinski definition) is 4. The lowest BCUT2D eigenvalue weighted by atomic mass is 9.98. The lowest BCUT2D eigenvalue weighted by Gasteiger charge is -2.11. The molecule has 0 aliphatic carbocycles. The number of rotatable bonds is 6. The Bertz CT molecular complexity index is 637. The van der Waals surface area contributed by atoms with Crippen molar-refractivity contribution in [3.63, 3.8) is 0 Å². The van der Waals surface area contributed by atoms with Gasteiger partial charge in [-0.2, -0.15) is 0 Å². The first-order valence-corrected chi connectivity index (χ1v) is 6.85. The number of aliphatic carboxylic acids is 1. The van der Waals surface area contributed by atoms with Gasteiger partial charge in [0.2, 0.25) is 0 Å². The van der Waals surface area contributed by atoms with Gasteiger partial charge in [-0.3, -0.25) is 4.79 Å². The molecule has 0 saturated carbocycles. The molecule has 2 rings (SSSR count). The second-order valence-corrected chi connectivity index (χ2v) is 4.81. The fourth-order valence-electron chi connectivity index (χ4n) is 2.03. The quantitative estimate of drug-likeness (QED) is 0.798. The summed E-state index contributed by atoms with van der Waals surface area (Å²) in [7, 11) is 0. The number of carboxylic acid groups (broad SMARTS) is 1. The van der Waals surface area contributed by atoms with Crippen molar-refractivity contribution in [2.75, 3.05) is 6.54 Å². The van der Waals surface area contributed by atoms with Gasteiger partial charge in [0.05, 0.1) is 11.5 Å². The third-order valence-corrected chi connectivity index (χ3v) is 3.30. The van der Waals surface area contributed by atoms with E-state index in [0.29, 0.717) is 11.1 Å². The number of esters is 1. The van der Waals surface area contributed by atoms with Crippen LogP contribution in [-0.2, 0) is 16.1 Å². The SMILES string of the molecule is NC[C@H](C(=O)O)c1ccc(COC(=O)c2ccccc2)cc1. The minimum absolute atomic E-state index is 0.0394. The van der Waals surface area contributed by atoms with Crippen molar-refractivity contribution in [2.24, 2.45) is 5.73 Å². The van der Waals surface area contributed by atoms with Gasteiger partial charge in [-0.1, -0.05) is 42.5 Å². The number of nitrogens with two attached hydrogens (primary N) is 1. The van der Waals surface area contributed by atoms with Gasteiger partial charge in [0.1, 0.15) is 6.61 Å². The average Bonchev–Trinajstić information content (AvgIpc) is 2.55. The monoisotopic (exact) mass is 299 g/mol. The van der Waals surface area contributed by atoms with Crippen LogP contribution in [0.15, 0.2) is 54.6 Å². The molecule has 2 aromatic carbocycles. The largest absolute Gasteiger partial charge is 0.481 e. The Morgan fingerprint density at radius 2 is 1.68 bits per heavy atom. The van der Waals surface area contributed by atoms with E-state index in [1.165, 1.54) is 0 Å². The van der Waals surface area contributed by atoms with Crippen molar-refractivity contribution in [3.05, 3.63) is 71.3 Å². The first-order valence-electron chi connectivity index (χ1n) is 6.85. The number of benzene rings is 2. The third kappa shape index (κ3) is 3.93. The predicted molar refractivity (Wildman–Crippen MR) is 81.4 cm³/mol. The summed E-state index contributed by atoms with van der Waals surface area (Å²) in [5.74, 6) is -2.07. The molecule has 0 spiro atoms. The normalized spacial score (nSPS) is 11.7. The van der Waals surface area contributed by atoms with E-state index in [9.17, 15) is 9.59 Å². The van der Waals surface area contributed by atoms with Gasteiger partial charge >= 0.3 is 11.9 Å². The summed E-state index contributed by atoms with van der Waals surface area (Å²) in [4.78, 5) is 22.9. The van der Waals surface area contributed by atoms with E-state index < -0.39 is 17.9 Å². The minimum Gasteiger partial charge on any atom is -0.481 e. The Hall–Kier alpha value is -2.66. The fourth-order valence-corrected chi connectivity index (χ4v) is 2.03. The van der Waals surface area contributed by atoms with Crippen LogP contribution in [0, 0.1) is 0 Å². The molecule has 22 heavy (non-hydrogen) atoms. The van der Waals surface area contributed by atoms with Crippen molar-refractivity contribution >= 4 is 11.9 Å². The Morgan fingerprint density at radius 3 is 2.23 bits per heavy atom. The Morgan fingerprint density at radius 1 is 1.05 bits per heavy atom. The molecule has 0 aliphatic rings. The molecule has 2 aromatic rings. The molecule has 3 N–H and O–H groups in total. The van der Waals surface area contributed by atoms with E-state index in [1.807, 2.05) is 6.07 Å². The van der Waals surface area contributed by atoms with E-state index >= 15 is 0 Å². The zero-order valence-corrected chi connectivity index (χ0v) is 11.9. The Labute approximate surface area is 128 Å². The number of carbonyl (C=O) groups excluding carboxylic acids is 1. The first kappa shape index (κ1) is 15.7. The average molecular weight is 299 g/mol. The molecule has 0 aliphatic heterocycles. The minimum atomic E-state index is -0.953. The maximum Gasteiger partial charge on any atom is 0.338 e. The van der Waals surface area contributed by atoms with Gasteiger partial charge in [-0.15, -0.1) is 0 Å². The second kappa shape index (κ2) is 7.38. The van der Waals surface area contributed by atoms with Gasteiger partial charge in [-0.05, 0) is 23.3 Å². The lowest BCUT2D eigenvalue weighted by Crippen LogP contribution is -2.21. The highest BCUT2D eigenvalue weighted by Crippen LogP contribution is 2.16. The highest BCUT2D eigenvalue weighted by Gasteiger charge is 2.17. The van der Waals surface area contributed by atoms with Gasteiger partial charge in [0.15, 0.2) is 0 Å². The van der Waals surface area contributed by atoms with E-state index in [0.717, 1.165) is 5.56 Å². The van der Waals surface area contributed by atoms with Crippen molar-refractivity contribution in [1.29, 1.82) is 0 Å². The molecule has 5 heteroatoms. The summed E-state index contributed by atoms with van der Waals surface area (Å²) in [6.45, 7) is 0.173. The zero-order valence-electron chi connectivity index (χ0n) is 11.9. The molecule has 5 nitrogen and oxygen atoms in total. The van der Waals surface area contributed by atoms with Crippen LogP contribution in [0.5, 0.6) is 0 Å². The summed E-state index contributed by atoms with van der Waals surface area (Å²) < 4.78 is 5.21. The maximum atomic E-state index is 11.8. The summed E-state index contributed by atoms with van der Waals surface area (Å²) in [5.41, 5.74) is 7.37. The third-order valence-electron chi connectivity index (χ3n) is 3.30. The molecule has 0 bridgehead atoms. The second-order valence-electron chi connectivity index (χ2n) is 4.81. The van der Waals surface area contributed by atoms with E-state index in [2.05, 4.69) is 0 Å². The molecular formula is C17H17NO4. The molecule has 0 heterocycles. The summed E-state index contributed by atoms with van der Waals surface area (Å²) in [6, 6.07) is 15.6. The smallest absolute Gasteiger partial charge is 0.338 e. The summed E-state index contributed by atoms with van der Waals surface area (Å²) in [5, 5.41) is 9.05. The predicted octanol–water partition coefficient (Wildman–Crippen LogP) is 2.17. The summed E-state index contributed by atoms with van der Waals surface area (Å²) >= 11 is 0. The number of carbonyl (C=O) groups is 2. The Kier molecular flexibility index (Phi) is 5.27. The van der Waals surface area contributed by atoms with Crippen LogP contribution in [-0.4, -0.2) is 23.6 Å². The lowest BCUT2D eigenvalue weighted by molar-refractivity contribution is -0.138.